The summed E-state index contributed by atoms with van der Waals surface area (Å²) in [6, 6.07) is 10.5. The molecule has 1 aliphatic rings. The third kappa shape index (κ3) is 3.46. The highest BCUT2D eigenvalue weighted by Gasteiger charge is 2.18. The zero-order valence-corrected chi connectivity index (χ0v) is 10.4. The molecule has 1 aliphatic heterocycles. The van der Waals surface area contributed by atoms with Crippen LogP contribution in [0.1, 0.15) is 19.4 Å². The lowest BCUT2D eigenvalue weighted by Gasteiger charge is -2.21. The molecule has 0 radical (unpaired) electrons. The van der Waals surface area contributed by atoms with Gasteiger partial charge in [0.15, 0.2) is 0 Å². The van der Waals surface area contributed by atoms with E-state index in [1.807, 2.05) is 23.3 Å². The Morgan fingerprint density at radius 1 is 1.35 bits per heavy atom. The van der Waals surface area contributed by atoms with Crippen molar-refractivity contribution < 1.29 is 4.84 Å². The molecule has 0 unspecified atom stereocenters. The van der Waals surface area contributed by atoms with E-state index in [9.17, 15) is 0 Å². The van der Waals surface area contributed by atoms with Crippen molar-refractivity contribution in [1.29, 1.82) is 0 Å². The molecule has 1 N–H and O–H groups in total. The molecule has 1 aromatic carbocycles. The molecule has 92 valence electrons. The summed E-state index contributed by atoms with van der Waals surface area (Å²) in [5.41, 5.74) is 1.17. The Labute approximate surface area is 102 Å². The summed E-state index contributed by atoms with van der Waals surface area (Å²) in [6.45, 7) is 6.39. The van der Waals surface area contributed by atoms with Crippen LogP contribution in [0.25, 0.3) is 0 Å². The van der Waals surface area contributed by atoms with E-state index in [1.54, 1.807) is 0 Å². The molecule has 0 saturated carbocycles. The van der Waals surface area contributed by atoms with Crippen LogP contribution in [0.3, 0.4) is 0 Å². The zero-order chi connectivity index (χ0) is 12.1. The third-order valence-corrected chi connectivity index (χ3v) is 2.45. The van der Waals surface area contributed by atoms with E-state index >= 15 is 0 Å². The fourth-order valence-corrected chi connectivity index (χ4v) is 1.66. The second-order valence-corrected chi connectivity index (χ2v) is 4.37. The molecule has 0 bridgehead atoms. The maximum absolute atomic E-state index is 5.74. The minimum absolute atomic E-state index is 0.370. The van der Waals surface area contributed by atoms with Crippen molar-refractivity contribution >= 4 is 5.96 Å². The van der Waals surface area contributed by atoms with E-state index in [4.69, 9.17) is 4.84 Å². The maximum atomic E-state index is 5.74. The van der Waals surface area contributed by atoms with Crippen LogP contribution in [0.4, 0.5) is 0 Å². The number of aliphatic imine (C=N–C) groups is 1. The van der Waals surface area contributed by atoms with Crippen LogP contribution in [0.15, 0.2) is 35.3 Å². The SMILES string of the molecule is CC(C)NC1=NCCN1OCc1ccccc1. The Morgan fingerprint density at radius 2 is 2.12 bits per heavy atom. The molecule has 0 spiro atoms. The summed E-state index contributed by atoms with van der Waals surface area (Å²) >= 11 is 0. The van der Waals surface area contributed by atoms with Crippen molar-refractivity contribution in [3.8, 4) is 0 Å². The summed E-state index contributed by atoms with van der Waals surface area (Å²) in [6.07, 6.45) is 0. The number of nitrogens with one attached hydrogen (secondary N) is 1. The summed E-state index contributed by atoms with van der Waals surface area (Å²) in [4.78, 5) is 10.1. The zero-order valence-electron chi connectivity index (χ0n) is 10.4. The molecular weight excluding hydrogens is 214 g/mol. The van der Waals surface area contributed by atoms with Gasteiger partial charge >= 0.3 is 0 Å². The number of benzene rings is 1. The molecule has 1 aromatic rings. The number of nitrogens with zero attached hydrogens (tertiary/aromatic N) is 2. The fourth-order valence-electron chi connectivity index (χ4n) is 1.66. The van der Waals surface area contributed by atoms with E-state index < -0.39 is 0 Å². The van der Waals surface area contributed by atoms with E-state index in [0.717, 1.165) is 19.0 Å². The fraction of sp³-hybridized carbons (Fsp3) is 0.462. The van der Waals surface area contributed by atoms with Gasteiger partial charge in [0.1, 0.15) is 6.61 Å². The number of hydrogen-bond acceptors (Lipinski definition) is 4. The first-order valence-electron chi connectivity index (χ1n) is 6.01. The Balaban J connectivity index is 1.85. The molecule has 0 aromatic heterocycles. The normalized spacial score (nSPS) is 15.2. The first kappa shape index (κ1) is 11.9. The predicted molar refractivity (Wildman–Crippen MR) is 68.5 cm³/mol. The maximum Gasteiger partial charge on any atom is 0.218 e. The standard InChI is InChI=1S/C13H19N3O/c1-11(2)15-13-14-8-9-16(13)17-10-12-6-4-3-5-7-12/h3-7,11H,8-10H2,1-2H3,(H,14,15). The molecule has 4 heteroatoms. The van der Waals surface area contributed by atoms with Crippen molar-refractivity contribution in [2.75, 3.05) is 13.1 Å². The second-order valence-electron chi connectivity index (χ2n) is 4.37. The third-order valence-electron chi connectivity index (χ3n) is 2.45. The van der Waals surface area contributed by atoms with Gasteiger partial charge in [-0.05, 0) is 19.4 Å². The minimum atomic E-state index is 0.370. The lowest BCUT2D eigenvalue weighted by Crippen LogP contribution is -2.41. The lowest BCUT2D eigenvalue weighted by atomic mass is 10.2. The summed E-state index contributed by atoms with van der Waals surface area (Å²) in [7, 11) is 0. The second kappa shape index (κ2) is 5.68. The van der Waals surface area contributed by atoms with Crippen molar-refractivity contribution in [3.63, 3.8) is 0 Å². The highest BCUT2D eigenvalue weighted by Crippen LogP contribution is 2.06. The molecule has 2 rings (SSSR count). The first-order chi connectivity index (χ1) is 8.25. The Bertz CT molecular complexity index is 376. The number of rotatable bonds is 4. The molecule has 0 fully saturated rings. The molecule has 1 heterocycles. The molecule has 0 amide bonds. The predicted octanol–water partition coefficient (Wildman–Crippen LogP) is 1.79. The van der Waals surface area contributed by atoms with Gasteiger partial charge in [0, 0.05) is 6.04 Å². The average molecular weight is 233 g/mol. The molecule has 0 saturated heterocycles. The summed E-state index contributed by atoms with van der Waals surface area (Å²) in [5, 5.41) is 5.12. The summed E-state index contributed by atoms with van der Waals surface area (Å²) in [5.74, 6) is 0.843. The van der Waals surface area contributed by atoms with Crippen molar-refractivity contribution in [2.24, 2.45) is 4.99 Å². The van der Waals surface area contributed by atoms with E-state index in [2.05, 4.69) is 36.3 Å². The van der Waals surface area contributed by atoms with Crippen molar-refractivity contribution in [3.05, 3.63) is 35.9 Å². The van der Waals surface area contributed by atoms with Crippen LogP contribution in [-0.4, -0.2) is 30.2 Å². The highest BCUT2D eigenvalue weighted by atomic mass is 16.7. The number of hydroxylamine groups is 2. The van der Waals surface area contributed by atoms with Gasteiger partial charge < -0.3 is 5.32 Å². The first-order valence-corrected chi connectivity index (χ1v) is 6.01. The van der Waals surface area contributed by atoms with Gasteiger partial charge in [-0.25, -0.2) is 10.1 Å². The van der Waals surface area contributed by atoms with Gasteiger partial charge in [0.2, 0.25) is 5.96 Å². The van der Waals surface area contributed by atoms with Crippen LogP contribution < -0.4 is 5.32 Å². The van der Waals surface area contributed by atoms with Gasteiger partial charge in [-0.1, -0.05) is 30.3 Å². The Hall–Kier alpha value is -1.55. The molecular formula is C13H19N3O. The molecule has 17 heavy (non-hydrogen) atoms. The minimum Gasteiger partial charge on any atom is -0.352 e. The van der Waals surface area contributed by atoms with E-state index in [1.165, 1.54) is 5.56 Å². The van der Waals surface area contributed by atoms with Gasteiger partial charge in [0.05, 0.1) is 13.1 Å². The monoisotopic (exact) mass is 233 g/mol. The van der Waals surface area contributed by atoms with Crippen LogP contribution >= 0.6 is 0 Å². The van der Waals surface area contributed by atoms with Crippen molar-refractivity contribution in [2.45, 2.75) is 26.5 Å². The topological polar surface area (TPSA) is 36.9 Å². The van der Waals surface area contributed by atoms with Crippen molar-refractivity contribution in [1.82, 2.24) is 10.4 Å². The van der Waals surface area contributed by atoms with Crippen LogP contribution in [-0.2, 0) is 11.4 Å². The molecule has 0 aliphatic carbocycles. The number of hydrogen-bond donors (Lipinski definition) is 1. The quantitative estimate of drug-likeness (QED) is 0.861. The smallest absolute Gasteiger partial charge is 0.218 e. The highest BCUT2D eigenvalue weighted by molar-refractivity contribution is 5.80. The lowest BCUT2D eigenvalue weighted by molar-refractivity contribution is -0.106. The van der Waals surface area contributed by atoms with E-state index in [0.29, 0.717) is 12.6 Å². The van der Waals surface area contributed by atoms with Crippen LogP contribution in [0, 0.1) is 0 Å². The van der Waals surface area contributed by atoms with E-state index in [-0.39, 0.29) is 0 Å². The average Bonchev–Trinajstić information content (AvgIpc) is 2.74. The molecule has 4 nitrogen and oxygen atoms in total. The van der Waals surface area contributed by atoms with Crippen LogP contribution in [0.2, 0.25) is 0 Å². The summed E-state index contributed by atoms with van der Waals surface area (Å²) < 4.78 is 0. The Morgan fingerprint density at radius 3 is 2.82 bits per heavy atom. The van der Waals surface area contributed by atoms with Gasteiger partial charge in [-0.3, -0.25) is 4.84 Å². The van der Waals surface area contributed by atoms with Gasteiger partial charge in [0.25, 0.3) is 0 Å². The Kier molecular flexibility index (Phi) is 3.98. The largest absolute Gasteiger partial charge is 0.352 e. The molecule has 0 atom stereocenters. The van der Waals surface area contributed by atoms with Gasteiger partial charge in [-0.2, -0.15) is 0 Å². The van der Waals surface area contributed by atoms with Crippen LogP contribution in [0.5, 0.6) is 0 Å². The van der Waals surface area contributed by atoms with Gasteiger partial charge in [-0.15, -0.1) is 0 Å². The number of guanidine groups is 1.